The Bertz CT molecular complexity index is 132. The summed E-state index contributed by atoms with van der Waals surface area (Å²) in [5, 5.41) is 0. The lowest BCUT2D eigenvalue weighted by Gasteiger charge is -2.15. The first-order chi connectivity index (χ1) is 5.67. The van der Waals surface area contributed by atoms with Crippen molar-refractivity contribution in [2.24, 2.45) is 11.3 Å². The van der Waals surface area contributed by atoms with Gasteiger partial charge >= 0.3 is 0 Å². The Morgan fingerprint density at radius 3 is 1.23 bits per heavy atom. The van der Waals surface area contributed by atoms with Crippen LogP contribution in [0.1, 0.15) is 54.4 Å². The second-order valence-electron chi connectivity index (χ2n) is 5.96. The summed E-state index contributed by atoms with van der Waals surface area (Å²) in [7, 11) is 0. The fourth-order valence-electron chi connectivity index (χ4n) is 0.949. The summed E-state index contributed by atoms with van der Waals surface area (Å²) in [4.78, 5) is 0. The standard InChI is InChI=1S/C7H14.C5H12S/c1-7(2,3)6-4-5-6;1-5(2,3)6-4/h6H,4-5H2,1-3H3;1-4H3. The van der Waals surface area contributed by atoms with Gasteiger partial charge in [0.25, 0.3) is 0 Å². The fraction of sp³-hybridized carbons (Fsp3) is 1.00. The largest absolute Gasteiger partial charge is 0.159 e. The van der Waals surface area contributed by atoms with Gasteiger partial charge in [0, 0.05) is 4.75 Å². The van der Waals surface area contributed by atoms with E-state index in [0.29, 0.717) is 10.2 Å². The number of thioether (sulfide) groups is 1. The Labute approximate surface area is 88.9 Å². The Balaban J connectivity index is 0.000000226. The molecule has 1 rings (SSSR count). The van der Waals surface area contributed by atoms with Crippen LogP contribution in [0.4, 0.5) is 0 Å². The molecule has 0 heterocycles. The highest BCUT2D eigenvalue weighted by Gasteiger charge is 2.33. The zero-order valence-corrected chi connectivity index (χ0v) is 11.2. The molecule has 13 heavy (non-hydrogen) atoms. The molecule has 0 bridgehead atoms. The van der Waals surface area contributed by atoms with E-state index in [2.05, 4.69) is 47.8 Å². The maximum absolute atomic E-state index is 2.32. The highest BCUT2D eigenvalue weighted by molar-refractivity contribution is 7.99. The van der Waals surface area contributed by atoms with Crippen molar-refractivity contribution in [3.8, 4) is 0 Å². The molecule has 0 amide bonds. The molecule has 0 aromatic heterocycles. The minimum atomic E-state index is 0.458. The molecule has 0 unspecified atom stereocenters. The maximum atomic E-state index is 2.32. The van der Waals surface area contributed by atoms with Crippen LogP contribution >= 0.6 is 11.8 Å². The normalized spacial score (nSPS) is 17.8. The van der Waals surface area contributed by atoms with E-state index < -0.39 is 0 Å². The van der Waals surface area contributed by atoms with Gasteiger partial charge in [-0.25, -0.2) is 0 Å². The summed E-state index contributed by atoms with van der Waals surface area (Å²) in [6.07, 6.45) is 5.08. The molecule has 80 valence electrons. The Morgan fingerprint density at radius 2 is 1.23 bits per heavy atom. The summed E-state index contributed by atoms with van der Waals surface area (Å²) in [6, 6.07) is 0. The molecular weight excluding hydrogens is 176 g/mol. The van der Waals surface area contributed by atoms with Crippen molar-refractivity contribution in [1.82, 2.24) is 0 Å². The van der Waals surface area contributed by atoms with Crippen molar-refractivity contribution in [1.29, 1.82) is 0 Å². The molecule has 0 radical (unpaired) electrons. The quantitative estimate of drug-likeness (QED) is 0.553. The van der Waals surface area contributed by atoms with E-state index >= 15 is 0 Å². The lowest BCUT2D eigenvalue weighted by atomic mass is 9.91. The van der Waals surface area contributed by atoms with Crippen LogP contribution in [-0.4, -0.2) is 11.0 Å². The van der Waals surface area contributed by atoms with Gasteiger partial charge < -0.3 is 0 Å². The predicted octanol–water partition coefficient (Wildman–Crippen LogP) is 4.59. The van der Waals surface area contributed by atoms with E-state index in [1.165, 1.54) is 12.8 Å². The first-order valence-corrected chi connectivity index (χ1v) is 6.44. The topological polar surface area (TPSA) is 0 Å². The van der Waals surface area contributed by atoms with Gasteiger partial charge in [-0.1, -0.05) is 41.5 Å². The summed E-state index contributed by atoms with van der Waals surface area (Å²) in [6.45, 7) is 13.6. The van der Waals surface area contributed by atoms with Crippen LogP contribution in [0.5, 0.6) is 0 Å². The average molecular weight is 202 g/mol. The average Bonchev–Trinajstić information content (AvgIpc) is 2.65. The molecule has 0 aromatic rings. The molecule has 0 aromatic carbocycles. The molecular formula is C12H26S. The van der Waals surface area contributed by atoms with E-state index in [9.17, 15) is 0 Å². The molecule has 0 saturated heterocycles. The molecule has 0 aliphatic heterocycles. The van der Waals surface area contributed by atoms with Gasteiger partial charge in [0.2, 0.25) is 0 Å². The van der Waals surface area contributed by atoms with Crippen LogP contribution in [0.3, 0.4) is 0 Å². The third-order valence-corrected chi connectivity index (χ3v) is 3.64. The fourth-order valence-corrected chi connectivity index (χ4v) is 0.949. The molecule has 0 atom stereocenters. The highest BCUT2D eigenvalue weighted by atomic mass is 32.2. The molecule has 1 aliphatic rings. The van der Waals surface area contributed by atoms with Crippen molar-refractivity contribution in [2.45, 2.75) is 59.1 Å². The van der Waals surface area contributed by atoms with Crippen molar-refractivity contribution in [3.05, 3.63) is 0 Å². The summed E-state index contributed by atoms with van der Waals surface area (Å²) in [5.74, 6) is 1.05. The van der Waals surface area contributed by atoms with Crippen LogP contribution in [0.25, 0.3) is 0 Å². The minimum absolute atomic E-state index is 0.458. The first kappa shape index (κ1) is 13.4. The van der Waals surface area contributed by atoms with E-state index in [4.69, 9.17) is 0 Å². The van der Waals surface area contributed by atoms with E-state index in [1.54, 1.807) is 0 Å². The second kappa shape index (κ2) is 4.72. The van der Waals surface area contributed by atoms with E-state index in [0.717, 1.165) is 5.92 Å². The van der Waals surface area contributed by atoms with Gasteiger partial charge in [-0.05, 0) is 30.4 Å². The first-order valence-electron chi connectivity index (χ1n) is 5.22. The summed E-state index contributed by atoms with van der Waals surface area (Å²) < 4.78 is 0.458. The molecule has 1 heteroatoms. The second-order valence-corrected chi connectivity index (χ2v) is 7.59. The van der Waals surface area contributed by atoms with Gasteiger partial charge in [-0.15, -0.1) is 0 Å². The van der Waals surface area contributed by atoms with Crippen LogP contribution in [0.15, 0.2) is 0 Å². The lowest BCUT2D eigenvalue weighted by Crippen LogP contribution is -2.06. The van der Waals surface area contributed by atoms with Gasteiger partial charge in [0.1, 0.15) is 0 Å². The Kier molecular flexibility index (Phi) is 4.85. The lowest BCUT2D eigenvalue weighted by molar-refractivity contribution is 0.351. The summed E-state index contributed by atoms with van der Waals surface area (Å²) >= 11 is 1.88. The monoisotopic (exact) mass is 202 g/mol. The van der Waals surface area contributed by atoms with Crippen LogP contribution in [0.2, 0.25) is 0 Å². The van der Waals surface area contributed by atoms with E-state index in [1.807, 2.05) is 11.8 Å². The van der Waals surface area contributed by atoms with Gasteiger partial charge in [0.15, 0.2) is 0 Å². The predicted molar refractivity (Wildman–Crippen MR) is 65.4 cm³/mol. The Morgan fingerprint density at radius 1 is 0.923 bits per heavy atom. The number of hydrogen-bond donors (Lipinski definition) is 0. The van der Waals surface area contributed by atoms with Crippen LogP contribution < -0.4 is 0 Å². The minimum Gasteiger partial charge on any atom is -0.159 e. The summed E-state index contributed by atoms with van der Waals surface area (Å²) in [5.41, 5.74) is 0.611. The highest BCUT2D eigenvalue weighted by Crippen LogP contribution is 2.44. The van der Waals surface area contributed by atoms with Gasteiger partial charge in [-0.3, -0.25) is 0 Å². The molecule has 0 N–H and O–H groups in total. The third-order valence-electron chi connectivity index (χ3n) is 2.41. The van der Waals surface area contributed by atoms with Crippen LogP contribution in [0, 0.1) is 11.3 Å². The molecule has 1 aliphatic carbocycles. The van der Waals surface area contributed by atoms with Crippen molar-refractivity contribution < 1.29 is 0 Å². The van der Waals surface area contributed by atoms with Crippen molar-refractivity contribution >= 4 is 11.8 Å². The van der Waals surface area contributed by atoms with Crippen LogP contribution in [-0.2, 0) is 0 Å². The maximum Gasteiger partial charge on any atom is 0.00723 e. The molecule has 1 saturated carbocycles. The molecule has 0 nitrogen and oxygen atoms in total. The number of rotatable bonds is 0. The third kappa shape index (κ3) is 8.67. The molecule has 0 spiro atoms. The smallest absolute Gasteiger partial charge is 0.00723 e. The van der Waals surface area contributed by atoms with Crippen molar-refractivity contribution in [3.63, 3.8) is 0 Å². The SMILES string of the molecule is CC(C)(C)C1CC1.CSC(C)(C)C. The van der Waals surface area contributed by atoms with Crippen molar-refractivity contribution in [2.75, 3.05) is 6.26 Å². The number of hydrogen-bond acceptors (Lipinski definition) is 1. The Hall–Kier alpha value is 0.350. The van der Waals surface area contributed by atoms with Gasteiger partial charge in [-0.2, -0.15) is 11.8 Å². The molecule has 1 fully saturated rings. The van der Waals surface area contributed by atoms with Gasteiger partial charge in [0.05, 0.1) is 0 Å². The zero-order chi connectivity index (χ0) is 10.7. The zero-order valence-electron chi connectivity index (χ0n) is 10.4. The van der Waals surface area contributed by atoms with E-state index in [-0.39, 0.29) is 0 Å².